The number of hydrogen-bond acceptors (Lipinski definition) is 5. The summed E-state index contributed by atoms with van der Waals surface area (Å²) in [6, 6.07) is 9.05. The van der Waals surface area contributed by atoms with Gasteiger partial charge in [0.15, 0.2) is 0 Å². The second-order valence-electron chi connectivity index (χ2n) is 11.4. The van der Waals surface area contributed by atoms with Gasteiger partial charge in [0.25, 0.3) is 5.91 Å². The Kier molecular flexibility index (Phi) is 8.87. The van der Waals surface area contributed by atoms with Gasteiger partial charge in [-0.3, -0.25) is 9.59 Å². The smallest absolute Gasteiger partial charge is 0.408 e. The first-order valence-corrected chi connectivity index (χ1v) is 13.1. The summed E-state index contributed by atoms with van der Waals surface area (Å²) in [7, 11) is 0. The highest BCUT2D eigenvalue weighted by Crippen LogP contribution is 2.41. The molecule has 3 rings (SSSR count). The van der Waals surface area contributed by atoms with Crippen molar-refractivity contribution in [1.82, 2.24) is 10.2 Å². The lowest BCUT2D eigenvalue weighted by molar-refractivity contribution is -0.142. The van der Waals surface area contributed by atoms with Gasteiger partial charge in [0.05, 0.1) is 6.61 Å². The monoisotopic (exact) mass is 523 g/mol. The Labute approximate surface area is 225 Å². The minimum atomic E-state index is -1.26. The van der Waals surface area contributed by atoms with Gasteiger partial charge in [0.2, 0.25) is 5.91 Å². The van der Waals surface area contributed by atoms with Gasteiger partial charge in [0, 0.05) is 11.7 Å². The summed E-state index contributed by atoms with van der Waals surface area (Å²) in [5.74, 6) is -0.721. The van der Waals surface area contributed by atoms with Crippen LogP contribution in [0.15, 0.2) is 36.4 Å². The molecule has 38 heavy (non-hydrogen) atoms. The molecule has 1 fully saturated rings. The van der Waals surface area contributed by atoms with Crippen LogP contribution in [0.4, 0.5) is 10.5 Å². The molecule has 1 saturated carbocycles. The number of ether oxygens (including phenoxy) is 1. The van der Waals surface area contributed by atoms with Crippen molar-refractivity contribution in [2.75, 3.05) is 11.9 Å². The van der Waals surface area contributed by atoms with Crippen molar-refractivity contribution in [1.29, 1.82) is 0 Å². The fraction of sp³-hybridized carbons (Fsp3) is 0.500. The van der Waals surface area contributed by atoms with Gasteiger partial charge in [-0.1, -0.05) is 43.3 Å². The first kappa shape index (κ1) is 29.2. The number of aliphatic hydroxyl groups is 1. The highest BCUT2D eigenvalue weighted by Gasteiger charge is 2.48. The molecule has 2 aromatic rings. The summed E-state index contributed by atoms with van der Waals surface area (Å²) >= 11 is 0. The maximum Gasteiger partial charge on any atom is 0.408 e. The second kappa shape index (κ2) is 11.6. The number of carbonyl (C=O) groups is 3. The maximum atomic E-state index is 14.0. The molecular formula is C30H41N3O5. The predicted octanol–water partition coefficient (Wildman–Crippen LogP) is 4.72. The molecule has 0 radical (unpaired) electrons. The number of carbonyl (C=O) groups excluding carboxylic acids is 3. The fourth-order valence-electron chi connectivity index (χ4n) is 4.56. The number of nitrogens with one attached hydrogen (secondary N) is 2. The molecule has 3 N–H and O–H groups in total. The Balaban J connectivity index is 2.04. The summed E-state index contributed by atoms with van der Waals surface area (Å²) in [6.45, 7) is 14.3. The van der Waals surface area contributed by atoms with Gasteiger partial charge in [-0.15, -0.1) is 0 Å². The zero-order chi connectivity index (χ0) is 28.4. The van der Waals surface area contributed by atoms with Crippen molar-refractivity contribution >= 4 is 23.6 Å². The van der Waals surface area contributed by atoms with E-state index in [2.05, 4.69) is 10.6 Å². The summed E-state index contributed by atoms with van der Waals surface area (Å²) in [5, 5.41) is 15.7. The van der Waals surface area contributed by atoms with E-state index < -0.39 is 36.3 Å². The van der Waals surface area contributed by atoms with Gasteiger partial charge in [0.1, 0.15) is 17.7 Å². The Morgan fingerprint density at radius 1 is 1.03 bits per heavy atom. The number of aryl methyl sites for hydroxylation is 4. The highest BCUT2D eigenvalue weighted by atomic mass is 16.6. The van der Waals surface area contributed by atoms with Crippen molar-refractivity contribution in [2.45, 2.75) is 85.5 Å². The molecule has 0 aromatic heterocycles. The van der Waals surface area contributed by atoms with E-state index in [1.54, 1.807) is 20.8 Å². The zero-order valence-corrected chi connectivity index (χ0v) is 23.7. The number of benzene rings is 2. The van der Waals surface area contributed by atoms with E-state index in [1.165, 1.54) is 4.90 Å². The summed E-state index contributed by atoms with van der Waals surface area (Å²) in [4.78, 5) is 42.0. The van der Waals surface area contributed by atoms with Crippen molar-refractivity contribution < 1.29 is 24.2 Å². The lowest BCUT2D eigenvalue weighted by Gasteiger charge is -2.35. The van der Waals surface area contributed by atoms with Crippen LogP contribution in [0.3, 0.4) is 0 Å². The number of amides is 3. The first-order chi connectivity index (χ1) is 17.7. The molecule has 206 valence electrons. The van der Waals surface area contributed by atoms with Gasteiger partial charge < -0.3 is 25.4 Å². The lowest BCUT2D eigenvalue weighted by Crippen LogP contribution is -2.54. The lowest BCUT2D eigenvalue weighted by atomic mass is 9.97. The van der Waals surface area contributed by atoms with E-state index in [9.17, 15) is 19.5 Å². The highest BCUT2D eigenvalue weighted by molar-refractivity contribution is 6.00. The molecule has 8 heteroatoms. The van der Waals surface area contributed by atoms with Gasteiger partial charge >= 0.3 is 6.09 Å². The topological polar surface area (TPSA) is 108 Å². The van der Waals surface area contributed by atoms with Crippen LogP contribution in [0.2, 0.25) is 0 Å². The van der Waals surface area contributed by atoms with Crippen molar-refractivity contribution in [3.05, 3.63) is 64.2 Å². The Morgan fingerprint density at radius 3 is 2.13 bits per heavy atom. The molecule has 4 unspecified atom stereocenters. The van der Waals surface area contributed by atoms with Crippen LogP contribution in [-0.4, -0.2) is 52.2 Å². The number of aliphatic hydroxyl groups excluding tert-OH is 1. The molecular weight excluding hydrogens is 482 g/mol. The van der Waals surface area contributed by atoms with E-state index >= 15 is 0 Å². The zero-order valence-electron chi connectivity index (χ0n) is 23.7. The van der Waals surface area contributed by atoms with Crippen LogP contribution in [0.25, 0.3) is 0 Å². The van der Waals surface area contributed by atoms with E-state index in [-0.39, 0.29) is 17.9 Å². The van der Waals surface area contributed by atoms with Crippen LogP contribution in [0, 0.1) is 33.6 Å². The number of rotatable bonds is 8. The average molecular weight is 524 g/mol. The quantitative estimate of drug-likeness (QED) is 0.464. The third kappa shape index (κ3) is 6.92. The molecule has 0 saturated heterocycles. The SMILES string of the molecule is Cc1ccc(C(C(=O)Nc2c(C)cccc2C)N(C(=O)C(CO)NC(=O)OC(C)(C)C)C2CC2C)cc1C. The fourth-order valence-corrected chi connectivity index (χ4v) is 4.56. The summed E-state index contributed by atoms with van der Waals surface area (Å²) in [6.07, 6.45) is -0.0923. The summed E-state index contributed by atoms with van der Waals surface area (Å²) in [5.41, 5.74) is 4.48. The third-order valence-corrected chi connectivity index (χ3v) is 6.95. The van der Waals surface area contributed by atoms with Crippen molar-refractivity contribution in [3.8, 4) is 0 Å². The minimum absolute atomic E-state index is 0.168. The van der Waals surface area contributed by atoms with E-state index in [0.29, 0.717) is 17.7 Å². The third-order valence-electron chi connectivity index (χ3n) is 6.95. The van der Waals surface area contributed by atoms with Crippen molar-refractivity contribution in [2.24, 2.45) is 5.92 Å². The molecule has 1 aliphatic rings. The molecule has 4 atom stereocenters. The Hall–Kier alpha value is -3.39. The Morgan fingerprint density at radius 2 is 1.63 bits per heavy atom. The minimum Gasteiger partial charge on any atom is -0.444 e. The molecule has 2 aromatic carbocycles. The van der Waals surface area contributed by atoms with Gasteiger partial charge in [-0.05, 0) is 88.6 Å². The van der Waals surface area contributed by atoms with Crippen LogP contribution in [0.1, 0.15) is 68.0 Å². The van der Waals surface area contributed by atoms with Gasteiger partial charge in [-0.2, -0.15) is 0 Å². The second-order valence-corrected chi connectivity index (χ2v) is 11.4. The van der Waals surface area contributed by atoms with E-state index in [4.69, 9.17) is 4.74 Å². The number of para-hydroxylation sites is 1. The molecule has 8 nitrogen and oxygen atoms in total. The molecule has 0 bridgehead atoms. The van der Waals surface area contributed by atoms with Crippen LogP contribution in [0.5, 0.6) is 0 Å². The number of nitrogens with zero attached hydrogens (tertiary/aromatic N) is 1. The standard InChI is InChI=1S/C30H41N3O5/c1-17-12-13-22(14-20(17)4)26(27(35)32-25-18(2)10-9-11-19(25)3)33(24-15-21(24)5)28(36)23(16-34)31-29(37)38-30(6,7)8/h9-14,21,23-24,26,34H,15-16H2,1-8H3,(H,31,37)(H,32,35). The molecule has 3 amide bonds. The van der Waals surface area contributed by atoms with E-state index in [1.807, 2.05) is 71.0 Å². The van der Waals surface area contributed by atoms with Crippen LogP contribution < -0.4 is 10.6 Å². The number of hydrogen-bond donors (Lipinski definition) is 3. The van der Waals surface area contributed by atoms with Gasteiger partial charge in [-0.25, -0.2) is 4.79 Å². The first-order valence-electron chi connectivity index (χ1n) is 13.1. The normalized spacial score (nSPS) is 18.2. The Bertz CT molecular complexity index is 1180. The molecule has 0 heterocycles. The molecule has 1 aliphatic carbocycles. The number of alkyl carbamates (subject to hydrolysis) is 1. The van der Waals surface area contributed by atoms with E-state index in [0.717, 1.165) is 22.3 Å². The molecule has 0 aliphatic heterocycles. The summed E-state index contributed by atoms with van der Waals surface area (Å²) < 4.78 is 5.31. The largest absolute Gasteiger partial charge is 0.444 e. The van der Waals surface area contributed by atoms with Crippen molar-refractivity contribution in [3.63, 3.8) is 0 Å². The number of anilines is 1. The molecule has 0 spiro atoms. The predicted molar refractivity (Wildman–Crippen MR) is 148 cm³/mol. The van der Waals surface area contributed by atoms with Crippen LogP contribution >= 0.6 is 0 Å². The van der Waals surface area contributed by atoms with Crippen LogP contribution in [-0.2, 0) is 14.3 Å². The maximum absolute atomic E-state index is 14.0. The average Bonchev–Trinajstić information content (AvgIpc) is 3.54.